The van der Waals surface area contributed by atoms with Crippen LogP contribution in [0.5, 0.6) is 0 Å². The third-order valence-electron chi connectivity index (χ3n) is 3.07. The van der Waals surface area contributed by atoms with Crippen LogP contribution in [-0.2, 0) is 0 Å². The number of hydrogen-bond acceptors (Lipinski definition) is 5. The maximum atomic E-state index is 11.4. The number of anilines is 1. The average Bonchev–Trinajstić information content (AvgIpc) is 3.03. The first kappa shape index (κ1) is 13.7. The van der Waals surface area contributed by atoms with E-state index in [1.54, 1.807) is 11.0 Å². The lowest BCUT2D eigenvalue weighted by molar-refractivity contribution is 0.219. The number of hydrogen-bond donors (Lipinski definition) is 2. The predicted octanol–water partition coefficient (Wildman–Crippen LogP) is 2.44. The van der Waals surface area contributed by atoms with Gasteiger partial charge in [0.05, 0.1) is 27.5 Å². The lowest BCUT2D eigenvalue weighted by Gasteiger charge is -2.15. The van der Waals surface area contributed by atoms with Crippen LogP contribution in [0.3, 0.4) is 0 Å². The first-order valence-electron chi connectivity index (χ1n) is 6.03. The minimum atomic E-state index is -0.0329. The van der Waals surface area contributed by atoms with E-state index in [-0.39, 0.29) is 6.03 Å². The number of benzene rings is 1. The first-order valence-corrected chi connectivity index (χ1v) is 7.52. The molecule has 0 radical (unpaired) electrons. The molecule has 0 aliphatic carbocycles. The Bertz CT molecular complexity index is 662. The smallest absolute Gasteiger partial charge is 0.317 e. The Labute approximate surface area is 129 Å². The summed E-state index contributed by atoms with van der Waals surface area (Å²) in [7, 11) is 0. The van der Waals surface area contributed by atoms with Crippen molar-refractivity contribution in [3.05, 3.63) is 16.1 Å². The molecule has 6 nitrogen and oxygen atoms in total. The largest absolute Gasteiger partial charge is 0.380 e. The summed E-state index contributed by atoms with van der Waals surface area (Å²) in [6.45, 7) is 2.61. The van der Waals surface area contributed by atoms with Crippen LogP contribution in [0.4, 0.5) is 10.5 Å². The van der Waals surface area contributed by atoms with Crippen molar-refractivity contribution in [3.8, 4) is 0 Å². The van der Waals surface area contributed by atoms with Gasteiger partial charge in [-0.05, 0) is 6.07 Å². The van der Waals surface area contributed by atoms with Gasteiger partial charge < -0.3 is 15.5 Å². The molecule has 9 heteroatoms. The molecule has 2 heterocycles. The SMILES string of the molecule is O=C1NCCN1CCNc1c(Cl)cc(Cl)c2nsnc12. The van der Waals surface area contributed by atoms with Crippen molar-refractivity contribution in [1.29, 1.82) is 0 Å². The standard InChI is InChI=1S/C11H11Cl2N5OS/c12-6-5-7(13)9-10(17-20-16-9)8(6)14-1-3-18-4-2-15-11(18)19/h5,14H,1-4H2,(H,15,19). The average molecular weight is 332 g/mol. The second-order valence-electron chi connectivity index (χ2n) is 4.32. The summed E-state index contributed by atoms with van der Waals surface area (Å²) < 4.78 is 8.36. The molecular formula is C11H11Cl2N5OS. The molecule has 106 valence electrons. The maximum Gasteiger partial charge on any atom is 0.317 e. The highest BCUT2D eigenvalue weighted by Gasteiger charge is 2.19. The van der Waals surface area contributed by atoms with E-state index < -0.39 is 0 Å². The van der Waals surface area contributed by atoms with Gasteiger partial charge in [-0.25, -0.2) is 4.79 Å². The van der Waals surface area contributed by atoms with E-state index in [2.05, 4.69) is 19.4 Å². The van der Waals surface area contributed by atoms with Crippen LogP contribution in [0, 0.1) is 0 Å². The molecule has 0 bridgehead atoms. The van der Waals surface area contributed by atoms with E-state index in [9.17, 15) is 4.79 Å². The zero-order valence-corrected chi connectivity index (χ0v) is 12.6. The van der Waals surface area contributed by atoms with Crippen molar-refractivity contribution in [2.75, 3.05) is 31.5 Å². The molecule has 0 spiro atoms. The third-order valence-corrected chi connectivity index (χ3v) is 4.19. The van der Waals surface area contributed by atoms with Gasteiger partial charge in [0.1, 0.15) is 11.0 Å². The van der Waals surface area contributed by atoms with E-state index in [4.69, 9.17) is 23.2 Å². The normalized spacial score (nSPS) is 14.9. The summed E-state index contributed by atoms with van der Waals surface area (Å²) in [5.74, 6) is 0. The summed E-state index contributed by atoms with van der Waals surface area (Å²) in [5.41, 5.74) is 2.01. The van der Waals surface area contributed by atoms with E-state index in [1.165, 1.54) is 0 Å². The Morgan fingerprint density at radius 3 is 2.90 bits per heavy atom. The molecule has 20 heavy (non-hydrogen) atoms. The molecule has 0 atom stereocenters. The van der Waals surface area contributed by atoms with Gasteiger partial charge in [0.15, 0.2) is 0 Å². The maximum absolute atomic E-state index is 11.4. The highest BCUT2D eigenvalue weighted by molar-refractivity contribution is 7.00. The van der Waals surface area contributed by atoms with Crippen molar-refractivity contribution < 1.29 is 4.79 Å². The molecule has 2 amide bonds. The highest BCUT2D eigenvalue weighted by atomic mass is 35.5. The van der Waals surface area contributed by atoms with Crippen LogP contribution in [-0.4, -0.2) is 45.9 Å². The summed E-state index contributed by atoms with van der Waals surface area (Å²) in [5, 5.41) is 6.96. The van der Waals surface area contributed by atoms with E-state index in [0.29, 0.717) is 46.4 Å². The minimum absolute atomic E-state index is 0.0329. The van der Waals surface area contributed by atoms with Crippen molar-refractivity contribution in [3.63, 3.8) is 0 Å². The second kappa shape index (κ2) is 5.59. The van der Waals surface area contributed by atoms with E-state index in [0.717, 1.165) is 18.3 Å². The molecule has 0 saturated carbocycles. The second-order valence-corrected chi connectivity index (χ2v) is 5.67. The lowest BCUT2D eigenvalue weighted by Crippen LogP contribution is -2.32. The molecule has 1 aromatic heterocycles. The highest BCUT2D eigenvalue weighted by Crippen LogP contribution is 2.34. The fourth-order valence-corrected chi connectivity index (χ4v) is 3.26. The number of urea groups is 1. The Balaban J connectivity index is 1.74. The van der Waals surface area contributed by atoms with Crippen LogP contribution < -0.4 is 10.6 Å². The summed E-state index contributed by atoms with van der Waals surface area (Å²) >= 11 is 13.3. The molecule has 2 N–H and O–H groups in total. The van der Waals surface area contributed by atoms with Crippen LogP contribution in [0.1, 0.15) is 0 Å². The van der Waals surface area contributed by atoms with Crippen molar-refractivity contribution in [2.45, 2.75) is 0 Å². The minimum Gasteiger partial charge on any atom is -0.380 e. The zero-order valence-electron chi connectivity index (χ0n) is 10.3. The van der Waals surface area contributed by atoms with Crippen molar-refractivity contribution in [1.82, 2.24) is 19.0 Å². The number of carbonyl (C=O) groups excluding carboxylic acids is 1. The van der Waals surface area contributed by atoms with E-state index in [1.807, 2.05) is 0 Å². The Morgan fingerprint density at radius 1 is 1.35 bits per heavy atom. The lowest BCUT2D eigenvalue weighted by atomic mass is 10.2. The zero-order chi connectivity index (χ0) is 14.1. The van der Waals surface area contributed by atoms with Gasteiger partial charge in [-0.15, -0.1) is 0 Å². The fraction of sp³-hybridized carbons (Fsp3) is 0.364. The van der Waals surface area contributed by atoms with Gasteiger partial charge in [-0.1, -0.05) is 23.2 Å². The Kier molecular flexibility index (Phi) is 3.82. The number of carbonyl (C=O) groups is 1. The number of halogens is 2. The van der Waals surface area contributed by atoms with Crippen LogP contribution in [0.25, 0.3) is 11.0 Å². The molecule has 1 aromatic carbocycles. The summed E-state index contributed by atoms with van der Waals surface area (Å²) in [4.78, 5) is 13.2. The molecular weight excluding hydrogens is 321 g/mol. The van der Waals surface area contributed by atoms with Crippen molar-refractivity contribution >= 4 is 57.7 Å². The molecule has 1 saturated heterocycles. The number of aromatic nitrogens is 2. The molecule has 3 rings (SSSR count). The van der Waals surface area contributed by atoms with Gasteiger partial charge in [0.2, 0.25) is 0 Å². The fourth-order valence-electron chi connectivity index (χ4n) is 2.08. The quantitative estimate of drug-likeness (QED) is 0.902. The monoisotopic (exact) mass is 331 g/mol. The molecule has 1 aliphatic rings. The van der Waals surface area contributed by atoms with Crippen LogP contribution in [0.2, 0.25) is 10.0 Å². The van der Waals surface area contributed by atoms with Gasteiger partial charge in [0.25, 0.3) is 0 Å². The van der Waals surface area contributed by atoms with Gasteiger partial charge in [-0.3, -0.25) is 0 Å². The number of nitrogens with zero attached hydrogens (tertiary/aromatic N) is 3. The number of fused-ring (bicyclic) bond motifs is 1. The molecule has 2 aromatic rings. The van der Waals surface area contributed by atoms with Gasteiger partial charge in [0, 0.05) is 26.2 Å². The Morgan fingerprint density at radius 2 is 2.15 bits per heavy atom. The molecule has 1 aliphatic heterocycles. The topological polar surface area (TPSA) is 70.2 Å². The van der Waals surface area contributed by atoms with Crippen LogP contribution >= 0.6 is 34.9 Å². The molecule has 1 fully saturated rings. The summed E-state index contributed by atoms with van der Waals surface area (Å²) in [6.07, 6.45) is 0. The van der Waals surface area contributed by atoms with Crippen molar-refractivity contribution in [2.24, 2.45) is 0 Å². The molecule has 0 unspecified atom stereocenters. The summed E-state index contributed by atoms with van der Waals surface area (Å²) in [6, 6.07) is 1.62. The van der Waals surface area contributed by atoms with E-state index >= 15 is 0 Å². The first-order chi connectivity index (χ1) is 9.66. The number of nitrogens with one attached hydrogen (secondary N) is 2. The Hall–Kier alpha value is -1.31. The van der Waals surface area contributed by atoms with Gasteiger partial charge in [-0.2, -0.15) is 8.75 Å². The van der Waals surface area contributed by atoms with Gasteiger partial charge >= 0.3 is 6.03 Å². The third kappa shape index (κ3) is 2.48. The number of rotatable bonds is 4. The predicted molar refractivity (Wildman–Crippen MR) is 80.9 cm³/mol. The van der Waals surface area contributed by atoms with Crippen LogP contribution in [0.15, 0.2) is 6.07 Å². The number of amides is 2.